The fraction of sp³-hybridized carbons (Fsp3) is 0.500. The highest BCUT2D eigenvalue weighted by Crippen LogP contribution is 2.15. The third-order valence-corrected chi connectivity index (χ3v) is 4.93. The Hall–Kier alpha value is -2.14. The number of amides is 1. The minimum absolute atomic E-state index is 0.0119. The van der Waals surface area contributed by atoms with E-state index in [9.17, 15) is 4.79 Å². The fourth-order valence-corrected chi connectivity index (χ4v) is 3.23. The van der Waals surface area contributed by atoms with Crippen LogP contribution in [0.1, 0.15) is 42.1 Å². The van der Waals surface area contributed by atoms with Gasteiger partial charge in [-0.25, -0.2) is 0 Å². The van der Waals surface area contributed by atoms with E-state index in [2.05, 4.69) is 22.2 Å². The molecule has 0 radical (unpaired) electrons. The lowest BCUT2D eigenvalue weighted by molar-refractivity contribution is 0.0950. The van der Waals surface area contributed by atoms with Gasteiger partial charge in [0.1, 0.15) is 0 Å². The summed E-state index contributed by atoms with van der Waals surface area (Å²) in [5, 5.41) is 7.22. The number of rotatable bonds is 7. The van der Waals surface area contributed by atoms with Crippen LogP contribution in [-0.2, 0) is 6.54 Å². The molecule has 0 spiro atoms. The van der Waals surface area contributed by atoms with Gasteiger partial charge in [-0.2, -0.15) is 5.10 Å². The summed E-state index contributed by atoms with van der Waals surface area (Å²) in [4.78, 5) is 14.7. The molecule has 0 saturated carbocycles. The van der Waals surface area contributed by atoms with E-state index in [1.54, 1.807) is 6.20 Å². The molecular formula is C20H28N4O. The zero-order valence-corrected chi connectivity index (χ0v) is 15.0. The second kappa shape index (κ2) is 8.81. The van der Waals surface area contributed by atoms with E-state index >= 15 is 0 Å². The SMILES string of the molecule is CC1CCN(CCCNC(=O)c2ccc(Cn3cccn3)cc2)CC1. The van der Waals surface area contributed by atoms with Crippen LogP contribution in [0.15, 0.2) is 42.7 Å². The van der Waals surface area contributed by atoms with Crippen molar-refractivity contribution in [1.82, 2.24) is 20.0 Å². The van der Waals surface area contributed by atoms with E-state index in [0.717, 1.165) is 43.1 Å². The number of nitrogens with zero attached hydrogens (tertiary/aromatic N) is 3. The van der Waals surface area contributed by atoms with Crippen LogP contribution in [0.4, 0.5) is 0 Å². The second-order valence-electron chi connectivity index (χ2n) is 7.03. The minimum Gasteiger partial charge on any atom is -0.352 e. The van der Waals surface area contributed by atoms with Crippen molar-refractivity contribution >= 4 is 5.91 Å². The highest BCUT2D eigenvalue weighted by Gasteiger charge is 2.14. The molecule has 0 atom stereocenters. The largest absolute Gasteiger partial charge is 0.352 e. The summed E-state index contributed by atoms with van der Waals surface area (Å²) in [5.41, 5.74) is 1.86. The molecule has 1 fully saturated rings. The highest BCUT2D eigenvalue weighted by molar-refractivity contribution is 5.94. The van der Waals surface area contributed by atoms with E-state index in [-0.39, 0.29) is 5.91 Å². The van der Waals surface area contributed by atoms with Crippen molar-refractivity contribution < 1.29 is 4.79 Å². The van der Waals surface area contributed by atoms with E-state index in [0.29, 0.717) is 0 Å². The maximum atomic E-state index is 12.2. The average molecular weight is 340 g/mol. The van der Waals surface area contributed by atoms with E-state index in [1.807, 2.05) is 41.2 Å². The zero-order valence-electron chi connectivity index (χ0n) is 15.0. The Balaban J connectivity index is 1.37. The number of likely N-dealkylation sites (tertiary alicyclic amines) is 1. The third-order valence-electron chi connectivity index (χ3n) is 4.93. The molecule has 1 N–H and O–H groups in total. The summed E-state index contributed by atoms with van der Waals surface area (Å²) in [6.07, 6.45) is 7.32. The zero-order chi connectivity index (χ0) is 17.5. The summed E-state index contributed by atoms with van der Waals surface area (Å²) >= 11 is 0. The normalized spacial score (nSPS) is 16.0. The predicted octanol–water partition coefficient (Wildman–Crippen LogP) is 2.78. The van der Waals surface area contributed by atoms with Crippen molar-refractivity contribution in [3.05, 3.63) is 53.9 Å². The number of benzene rings is 1. The fourth-order valence-electron chi connectivity index (χ4n) is 3.23. The molecule has 2 aromatic rings. The molecule has 1 aliphatic heterocycles. The minimum atomic E-state index is 0.0119. The molecule has 134 valence electrons. The number of nitrogens with one attached hydrogen (secondary N) is 1. The topological polar surface area (TPSA) is 50.2 Å². The summed E-state index contributed by atoms with van der Waals surface area (Å²) < 4.78 is 1.87. The highest BCUT2D eigenvalue weighted by atomic mass is 16.1. The van der Waals surface area contributed by atoms with E-state index < -0.39 is 0 Å². The third kappa shape index (κ3) is 5.43. The smallest absolute Gasteiger partial charge is 0.251 e. The first-order chi connectivity index (χ1) is 12.2. The van der Waals surface area contributed by atoms with Gasteiger partial charge < -0.3 is 10.2 Å². The molecule has 0 unspecified atom stereocenters. The van der Waals surface area contributed by atoms with Gasteiger partial charge in [0, 0.05) is 24.5 Å². The maximum Gasteiger partial charge on any atom is 0.251 e. The van der Waals surface area contributed by atoms with Crippen molar-refractivity contribution in [3.63, 3.8) is 0 Å². The molecule has 0 bridgehead atoms. The number of carbonyl (C=O) groups is 1. The summed E-state index contributed by atoms with van der Waals surface area (Å²) in [7, 11) is 0. The van der Waals surface area contributed by atoms with Crippen LogP contribution in [0.5, 0.6) is 0 Å². The second-order valence-corrected chi connectivity index (χ2v) is 7.03. The van der Waals surface area contributed by atoms with Crippen LogP contribution in [0.25, 0.3) is 0 Å². The number of piperidine rings is 1. The molecule has 0 aliphatic carbocycles. The van der Waals surface area contributed by atoms with Crippen molar-refractivity contribution in [2.75, 3.05) is 26.2 Å². The Bertz CT molecular complexity index is 643. The standard InChI is InChI=1S/C20H28N4O/c1-17-8-14-23(15-9-17)12-2-10-21-20(25)19-6-4-18(5-7-19)16-24-13-3-11-22-24/h3-7,11,13,17H,2,8-10,12,14-16H2,1H3,(H,21,25). The summed E-state index contributed by atoms with van der Waals surface area (Å²) in [6, 6.07) is 9.67. The van der Waals surface area contributed by atoms with Crippen LogP contribution in [0.2, 0.25) is 0 Å². The maximum absolute atomic E-state index is 12.2. The van der Waals surface area contributed by atoms with Gasteiger partial charge in [-0.1, -0.05) is 19.1 Å². The number of hydrogen-bond acceptors (Lipinski definition) is 3. The summed E-state index contributed by atoms with van der Waals surface area (Å²) in [5.74, 6) is 0.880. The Morgan fingerprint density at radius 3 is 2.68 bits per heavy atom. The molecule has 1 saturated heterocycles. The number of carbonyl (C=O) groups excluding carboxylic acids is 1. The lowest BCUT2D eigenvalue weighted by atomic mass is 9.99. The molecule has 5 heteroatoms. The Kier molecular flexibility index (Phi) is 6.23. The first kappa shape index (κ1) is 17.7. The Labute approximate surface area is 150 Å². The van der Waals surface area contributed by atoms with Gasteiger partial charge in [0.05, 0.1) is 6.54 Å². The first-order valence-electron chi connectivity index (χ1n) is 9.27. The van der Waals surface area contributed by atoms with Gasteiger partial charge in [0.15, 0.2) is 0 Å². The number of aromatic nitrogens is 2. The van der Waals surface area contributed by atoms with Gasteiger partial charge in [0.25, 0.3) is 5.91 Å². The van der Waals surface area contributed by atoms with E-state index in [1.165, 1.54) is 25.9 Å². The molecule has 25 heavy (non-hydrogen) atoms. The quantitative estimate of drug-likeness (QED) is 0.789. The Morgan fingerprint density at radius 2 is 2.00 bits per heavy atom. The molecule has 1 aromatic heterocycles. The number of hydrogen-bond donors (Lipinski definition) is 1. The van der Waals surface area contributed by atoms with Crippen LogP contribution in [-0.4, -0.2) is 46.8 Å². The molecule has 1 amide bonds. The van der Waals surface area contributed by atoms with Crippen LogP contribution in [0.3, 0.4) is 0 Å². The molecule has 1 aliphatic rings. The first-order valence-corrected chi connectivity index (χ1v) is 9.27. The van der Waals surface area contributed by atoms with Gasteiger partial charge in [-0.05, 0) is 68.6 Å². The Morgan fingerprint density at radius 1 is 1.24 bits per heavy atom. The van der Waals surface area contributed by atoms with Gasteiger partial charge in [-0.15, -0.1) is 0 Å². The molecule has 1 aromatic carbocycles. The van der Waals surface area contributed by atoms with E-state index in [4.69, 9.17) is 0 Å². The van der Waals surface area contributed by atoms with Crippen molar-refractivity contribution in [3.8, 4) is 0 Å². The molecular weight excluding hydrogens is 312 g/mol. The van der Waals surface area contributed by atoms with Crippen molar-refractivity contribution in [2.45, 2.75) is 32.7 Å². The van der Waals surface area contributed by atoms with Gasteiger partial charge in [-0.3, -0.25) is 9.48 Å². The summed E-state index contributed by atoms with van der Waals surface area (Å²) in [6.45, 7) is 7.27. The van der Waals surface area contributed by atoms with Crippen LogP contribution in [0, 0.1) is 5.92 Å². The molecule has 5 nitrogen and oxygen atoms in total. The predicted molar refractivity (Wildman–Crippen MR) is 99.6 cm³/mol. The van der Waals surface area contributed by atoms with Crippen LogP contribution >= 0.6 is 0 Å². The lowest BCUT2D eigenvalue weighted by Gasteiger charge is -2.30. The average Bonchev–Trinajstić information content (AvgIpc) is 3.14. The van der Waals surface area contributed by atoms with Gasteiger partial charge >= 0.3 is 0 Å². The monoisotopic (exact) mass is 340 g/mol. The lowest BCUT2D eigenvalue weighted by Crippen LogP contribution is -2.35. The van der Waals surface area contributed by atoms with Crippen molar-refractivity contribution in [1.29, 1.82) is 0 Å². The van der Waals surface area contributed by atoms with Crippen LogP contribution < -0.4 is 5.32 Å². The van der Waals surface area contributed by atoms with Crippen molar-refractivity contribution in [2.24, 2.45) is 5.92 Å². The van der Waals surface area contributed by atoms with Gasteiger partial charge in [0.2, 0.25) is 0 Å². The molecule has 3 rings (SSSR count). The molecule has 2 heterocycles.